The van der Waals surface area contributed by atoms with Gasteiger partial charge in [0.05, 0.1) is 6.04 Å². The van der Waals surface area contributed by atoms with E-state index in [0.717, 1.165) is 22.6 Å². The van der Waals surface area contributed by atoms with Crippen LogP contribution in [0.2, 0.25) is 0 Å². The molecule has 0 fully saturated rings. The molecule has 0 saturated carbocycles. The molecule has 0 amide bonds. The highest BCUT2D eigenvalue weighted by Gasteiger charge is 2.21. The van der Waals surface area contributed by atoms with Gasteiger partial charge in [0, 0.05) is 55.6 Å². The fraction of sp³-hybridized carbons (Fsp3) is 0.160. The summed E-state index contributed by atoms with van der Waals surface area (Å²) in [5.74, 6) is 0.874. The van der Waals surface area contributed by atoms with Crippen molar-refractivity contribution in [3.63, 3.8) is 0 Å². The van der Waals surface area contributed by atoms with Crippen LogP contribution >= 0.6 is 11.3 Å². The number of allylic oxidation sites excluding steroid dienone is 1. The van der Waals surface area contributed by atoms with Crippen molar-refractivity contribution in [2.24, 2.45) is 5.73 Å². The SMILES string of the molecule is CC.NC1=CNC(c2c(OCc3cccnc3)ccc3c2sc2ccccc23)C=C1. The van der Waals surface area contributed by atoms with Crippen LogP contribution in [-0.2, 0) is 6.61 Å². The van der Waals surface area contributed by atoms with Gasteiger partial charge in [-0.25, -0.2) is 0 Å². The molecule has 0 spiro atoms. The zero-order valence-electron chi connectivity index (χ0n) is 17.1. The lowest BCUT2D eigenvalue weighted by Crippen LogP contribution is -2.19. The van der Waals surface area contributed by atoms with Crippen molar-refractivity contribution in [2.45, 2.75) is 26.5 Å². The molecule has 4 aromatic rings. The van der Waals surface area contributed by atoms with Crippen LogP contribution in [0.5, 0.6) is 5.75 Å². The largest absolute Gasteiger partial charge is 0.488 e. The normalized spacial score (nSPS) is 15.3. The van der Waals surface area contributed by atoms with E-state index in [1.165, 1.54) is 20.2 Å². The maximum absolute atomic E-state index is 6.25. The van der Waals surface area contributed by atoms with Gasteiger partial charge in [0.2, 0.25) is 0 Å². The lowest BCUT2D eigenvalue weighted by Gasteiger charge is -2.22. The quantitative estimate of drug-likeness (QED) is 0.426. The summed E-state index contributed by atoms with van der Waals surface area (Å²) >= 11 is 1.80. The summed E-state index contributed by atoms with van der Waals surface area (Å²) in [7, 11) is 0. The van der Waals surface area contributed by atoms with Crippen LogP contribution in [-0.4, -0.2) is 4.98 Å². The molecule has 2 aromatic heterocycles. The Morgan fingerprint density at radius 2 is 1.93 bits per heavy atom. The molecule has 5 rings (SSSR count). The summed E-state index contributed by atoms with van der Waals surface area (Å²) < 4.78 is 8.76. The average Bonchev–Trinajstić information content (AvgIpc) is 3.19. The van der Waals surface area contributed by atoms with E-state index in [1.54, 1.807) is 17.5 Å². The van der Waals surface area contributed by atoms with Gasteiger partial charge in [0.1, 0.15) is 12.4 Å². The number of aromatic nitrogens is 1. The standard InChI is InChI=1S/C23H19N3OS.C2H6/c24-16-7-9-19(26-13-16)22-20(27-14-15-4-3-11-25-12-15)10-8-18-17-5-1-2-6-21(17)28-23(18)22;1-2/h1-13,19,26H,14,24H2;1-2H3. The molecule has 3 N–H and O–H groups in total. The van der Waals surface area contributed by atoms with Gasteiger partial charge in [-0.3, -0.25) is 4.98 Å². The summed E-state index contributed by atoms with van der Waals surface area (Å²) in [5, 5.41) is 5.93. The van der Waals surface area contributed by atoms with Gasteiger partial charge in [0.25, 0.3) is 0 Å². The monoisotopic (exact) mass is 415 g/mol. The highest BCUT2D eigenvalue weighted by atomic mass is 32.1. The van der Waals surface area contributed by atoms with Gasteiger partial charge in [-0.1, -0.05) is 44.2 Å². The van der Waals surface area contributed by atoms with Gasteiger partial charge >= 0.3 is 0 Å². The third-order valence-electron chi connectivity index (χ3n) is 4.88. The molecule has 0 radical (unpaired) electrons. The molecule has 0 aliphatic carbocycles. The molecule has 0 saturated heterocycles. The molecular formula is C25H25N3OS. The number of dihydropyridines is 1. The van der Waals surface area contributed by atoms with Crippen molar-refractivity contribution in [3.05, 3.63) is 96.1 Å². The first kappa shape index (κ1) is 20.0. The summed E-state index contributed by atoms with van der Waals surface area (Å²) in [6.45, 7) is 4.48. The third-order valence-corrected chi connectivity index (χ3v) is 6.10. The predicted octanol–water partition coefficient (Wildman–Crippen LogP) is 6.06. The average molecular weight is 416 g/mol. The maximum atomic E-state index is 6.25. The first-order valence-corrected chi connectivity index (χ1v) is 11.0. The zero-order valence-corrected chi connectivity index (χ0v) is 17.9. The fourth-order valence-corrected chi connectivity index (χ4v) is 4.81. The number of benzene rings is 2. The summed E-state index contributed by atoms with van der Waals surface area (Å²) in [5.41, 5.74) is 8.80. The van der Waals surface area contributed by atoms with Crippen LogP contribution in [0.3, 0.4) is 0 Å². The zero-order chi connectivity index (χ0) is 20.9. The number of hydrogen-bond donors (Lipinski definition) is 2. The van der Waals surface area contributed by atoms with Crippen molar-refractivity contribution < 1.29 is 4.74 Å². The third kappa shape index (κ3) is 3.89. The molecule has 1 aliphatic heterocycles. The Labute approximate surface area is 180 Å². The second kappa shape index (κ2) is 9.01. The summed E-state index contributed by atoms with van der Waals surface area (Å²) in [4.78, 5) is 4.17. The minimum Gasteiger partial charge on any atom is -0.488 e. The highest BCUT2D eigenvalue weighted by Crippen LogP contribution is 2.43. The molecule has 1 unspecified atom stereocenters. The van der Waals surface area contributed by atoms with Crippen molar-refractivity contribution in [3.8, 4) is 5.75 Å². The first-order valence-electron chi connectivity index (χ1n) is 10.2. The second-order valence-electron chi connectivity index (χ2n) is 6.75. The molecule has 0 bridgehead atoms. The number of rotatable bonds is 4. The first-order chi connectivity index (χ1) is 14.8. The number of ether oxygens (including phenoxy) is 1. The van der Waals surface area contributed by atoms with Crippen LogP contribution in [0, 0.1) is 0 Å². The predicted molar refractivity (Wildman–Crippen MR) is 127 cm³/mol. The number of pyridine rings is 1. The van der Waals surface area contributed by atoms with E-state index in [0.29, 0.717) is 6.61 Å². The Morgan fingerprint density at radius 3 is 2.70 bits per heavy atom. The van der Waals surface area contributed by atoms with Crippen molar-refractivity contribution in [2.75, 3.05) is 0 Å². The lowest BCUT2D eigenvalue weighted by molar-refractivity contribution is 0.301. The Kier molecular flexibility index (Phi) is 6.00. The summed E-state index contributed by atoms with van der Waals surface area (Å²) in [6, 6.07) is 16.7. The highest BCUT2D eigenvalue weighted by molar-refractivity contribution is 7.26. The Balaban J connectivity index is 0.00000106. The number of nitrogens with zero attached hydrogens (tertiary/aromatic N) is 1. The maximum Gasteiger partial charge on any atom is 0.126 e. The van der Waals surface area contributed by atoms with E-state index in [4.69, 9.17) is 10.5 Å². The van der Waals surface area contributed by atoms with Crippen molar-refractivity contribution >= 4 is 31.5 Å². The van der Waals surface area contributed by atoms with Crippen LogP contribution < -0.4 is 15.8 Å². The van der Waals surface area contributed by atoms with E-state index in [9.17, 15) is 0 Å². The lowest BCUT2D eigenvalue weighted by atomic mass is 10.0. The molecule has 3 heterocycles. The number of hydrogen-bond acceptors (Lipinski definition) is 5. The fourth-order valence-electron chi connectivity index (χ4n) is 3.53. The molecule has 1 aliphatic rings. The van der Waals surface area contributed by atoms with Crippen LogP contribution in [0.15, 0.2) is 85.0 Å². The second-order valence-corrected chi connectivity index (χ2v) is 7.80. The van der Waals surface area contributed by atoms with Gasteiger partial charge in [0.15, 0.2) is 0 Å². The van der Waals surface area contributed by atoms with Crippen LogP contribution in [0.4, 0.5) is 0 Å². The van der Waals surface area contributed by atoms with Crippen LogP contribution in [0.1, 0.15) is 31.0 Å². The van der Waals surface area contributed by atoms with Crippen molar-refractivity contribution in [1.82, 2.24) is 10.3 Å². The number of nitrogens with two attached hydrogens (primary N) is 1. The van der Waals surface area contributed by atoms with Crippen LogP contribution in [0.25, 0.3) is 20.2 Å². The molecule has 2 aromatic carbocycles. The minimum atomic E-state index is 0.00737. The van der Waals surface area contributed by atoms with Gasteiger partial charge in [-0.2, -0.15) is 0 Å². The Morgan fingerprint density at radius 1 is 1.07 bits per heavy atom. The summed E-state index contributed by atoms with van der Waals surface area (Å²) in [6.07, 6.45) is 9.48. The van der Waals surface area contributed by atoms with Gasteiger partial charge < -0.3 is 15.8 Å². The van der Waals surface area contributed by atoms with E-state index >= 15 is 0 Å². The Hall–Kier alpha value is -3.31. The molecule has 30 heavy (non-hydrogen) atoms. The molecular weight excluding hydrogens is 390 g/mol. The minimum absolute atomic E-state index is 0.00737. The van der Waals surface area contributed by atoms with Gasteiger partial charge in [-0.15, -0.1) is 11.3 Å². The smallest absolute Gasteiger partial charge is 0.126 e. The molecule has 152 valence electrons. The van der Waals surface area contributed by atoms with E-state index in [-0.39, 0.29) is 6.04 Å². The number of fused-ring (bicyclic) bond motifs is 3. The molecule has 4 nitrogen and oxygen atoms in total. The van der Waals surface area contributed by atoms with E-state index in [1.807, 2.05) is 44.5 Å². The van der Waals surface area contributed by atoms with E-state index < -0.39 is 0 Å². The Bertz CT molecular complexity index is 1210. The van der Waals surface area contributed by atoms with E-state index in [2.05, 4.69) is 52.8 Å². The molecule has 5 heteroatoms. The molecule has 1 atom stereocenters. The topological polar surface area (TPSA) is 60.2 Å². The van der Waals surface area contributed by atoms with Gasteiger partial charge in [-0.05, 0) is 30.3 Å². The van der Waals surface area contributed by atoms with Crippen molar-refractivity contribution in [1.29, 1.82) is 0 Å². The number of thiophene rings is 1. The number of nitrogens with one attached hydrogen (secondary N) is 1.